The highest BCUT2D eigenvalue weighted by Crippen LogP contribution is 2.14. The molecule has 0 saturated heterocycles. The maximum absolute atomic E-state index is 11.9. The van der Waals surface area contributed by atoms with E-state index in [0.717, 1.165) is 12.0 Å². The highest BCUT2D eigenvalue weighted by Gasteiger charge is 2.12. The highest BCUT2D eigenvalue weighted by molar-refractivity contribution is 6.00. The second-order valence-corrected chi connectivity index (χ2v) is 4.87. The molecule has 1 aromatic carbocycles. The third-order valence-electron chi connectivity index (χ3n) is 3.15. The van der Waals surface area contributed by atoms with E-state index in [1.54, 1.807) is 0 Å². The summed E-state index contributed by atoms with van der Waals surface area (Å²) in [6, 6.07) is 8.87. The van der Waals surface area contributed by atoms with Gasteiger partial charge in [0.1, 0.15) is 0 Å². The van der Waals surface area contributed by atoms with Gasteiger partial charge in [-0.1, -0.05) is 12.1 Å². The Labute approximate surface area is 128 Å². The molecule has 0 bridgehead atoms. The van der Waals surface area contributed by atoms with E-state index in [-0.39, 0.29) is 17.2 Å². The predicted molar refractivity (Wildman–Crippen MR) is 83.6 cm³/mol. The van der Waals surface area contributed by atoms with Crippen LogP contribution in [0.15, 0.2) is 42.7 Å². The van der Waals surface area contributed by atoms with Crippen LogP contribution >= 0.6 is 0 Å². The second-order valence-electron chi connectivity index (χ2n) is 4.87. The van der Waals surface area contributed by atoms with Gasteiger partial charge in [-0.3, -0.25) is 9.78 Å². The summed E-state index contributed by atoms with van der Waals surface area (Å²) in [5.41, 5.74) is 7.70. The minimum Gasteiger partial charge on any atom is -0.478 e. The Bertz CT molecular complexity index is 686. The average Bonchev–Trinajstić information content (AvgIpc) is 2.47. The molecule has 4 N–H and O–H groups in total. The number of nitrogens with zero attached hydrogens (tertiary/aromatic N) is 1. The molecule has 1 heterocycles. The molecule has 0 radical (unpaired) electrons. The number of amides is 1. The van der Waals surface area contributed by atoms with E-state index in [0.29, 0.717) is 18.5 Å². The first-order valence-electron chi connectivity index (χ1n) is 6.88. The van der Waals surface area contributed by atoms with Gasteiger partial charge in [0.25, 0.3) is 0 Å². The first-order chi connectivity index (χ1) is 10.6. The maximum Gasteiger partial charge on any atom is 0.337 e. The molecular formula is C16H17N3O3. The van der Waals surface area contributed by atoms with E-state index in [9.17, 15) is 9.59 Å². The van der Waals surface area contributed by atoms with Gasteiger partial charge in [-0.2, -0.15) is 0 Å². The SMILES string of the molecule is Nc1cccc(CCCC(=O)Nc2cnccc2C(=O)O)c1. The molecule has 0 unspecified atom stereocenters. The maximum atomic E-state index is 11.9. The number of hydrogen-bond acceptors (Lipinski definition) is 4. The van der Waals surface area contributed by atoms with Crippen molar-refractivity contribution in [2.45, 2.75) is 19.3 Å². The molecule has 114 valence electrons. The van der Waals surface area contributed by atoms with Crippen molar-refractivity contribution in [2.24, 2.45) is 0 Å². The first-order valence-corrected chi connectivity index (χ1v) is 6.88. The fraction of sp³-hybridized carbons (Fsp3) is 0.188. The summed E-state index contributed by atoms with van der Waals surface area (Å²) in [5.74, 6) is -1.34. The van der Waals surface area contributed by atoms with E-state index in [1.165, 1.54) is 18.5 Å². The standard InChI is InChI=1S/C16H17N3O3/c17-12-5-1-3-11(9-12)4-2-6-15(20)19-14-10-18-8-7-13(14)16(21)22/h1,3,5,7-10H,2,4,6,17H2,(H,19,20)(H,21,22). The van der Waals surface area contributed by atoms with Crippen molar-refractivity contribution < 1.29 is 14.7 Å². The van der Waals surface area contributed by atoms with Gasteiger partial charge >= 0.3 is 5.97 Å². The Balaban J connectivity index is 1.87. The number of rotatable bonds is 6. The van der Waals surface area contributed by atoms with Crippen LogP contribution in [0, 0.1) is 0 Å². The lowest BCUT2D eigenvalue weighted by Crippen LogP contribution is -2.14. The molecule has 0 fully saturated rings. The van der Waals surface area contributed by atoms with Crippen molar-refractivity contribution in [1.82, 2.24) is 4.98 Å². The fourth-order valence-corrected chi connectivity index (χ4v) is 2.09. The van der Waals surface area contributed by atoms with E-state index in [4.69, 9.17) is 10.8 Å². The zero-order valence-corrected chi connectivity index (χ0v) is 12.0. The number of nitrogens with two attached hydrogens (primary N) is 1. The molecule has 2 aromatic rings. The third kappa shape index (κ3) is 4.31. The van der Waals surface area contributed by atoms with E-state index < -0.39 is 5.97 Å². The zero-order valence-electron chi connectivity index (χ0n) is 12.0. The van der Waals surface area contributed by atoms with Crippen molar-refractivity contribution in [1.29, 1.82) is 0 Å². The van der Waals surface area contributed by atoms with Crippen LogP contribution in [0.25, 0.3) is 0 Å². The molecule has 6 nitrogen and oxygen atoms in total. The van der Waals surface area contributed by atoms with Gasteiger partial charge in [0.05, 0.1) is 17.4 Å². The van der Waals surface area contributed by atoms with E-state index >= 15 is 0 Å². The molecular weight excluding hydrogens is 282 g/mol. The molecule has 1 aromatic heterocycles. The Hall–Kier alpha value is -2.89. The molecule has 0 atom stereocenters. The number of carbonyl (C=O) groups is 2. The van der Waals surface area contributed by atoms with Crippen molar-refractivity contribution in [2.75, 3.05) is 11.1 Å². The summed E-state index contributed by atoms with van der Waals surface area (Å²) in [7, 11) is 0. The lowest BCUT2D eigenvalue weighted by Gasteiger charge is -2.08. The molecule has 6 heteroatoms. The first kappa shape index (κ1) is 15.5. The topological polar surface area (TPSA) is 105 Å². The van der Waals surface area contributed by atoms with Crippen LogP contribution in [0.4, 0.5) is 11.4 Å². The number of aryl methyl sites for hydroxylation is 1. The van der Waals surface area contributed by atoms with Gasteiger partial charge in [0.2, 0.25) is 5.91 Å². The number of nitrogen functional groups attached to an aromatic ring is 1. The monoisotopic (exact) mass is 299 g/mol. The molecule has 0 saturated carbocycles. The van der Waals surface area contributed by atoms with Crippen molar-refractivity contribution in [3.8, 4) is 0 Å². The van der Waals surface area contributed by atoms with Crippen molar-refractivity contribution >= 4 is 23.3 Å². The minimum absolute atomic E-state index is 0.0270. The summed E-state index contributed by atoms with van der Waals surface area (Å²) in [6.45, 7) is 0. The van der Waals surface area contributed by atoms with Crippen LogP contribution < -0.4 is 11.1 Å². The molecule has 1 amide bonds. The van der Waals surface area contributed by atoms with Crippen LogP contribution in [-0.2, 0) is 11.2 Å². The number of carboxylic acid groups (broad SMARTS) is 1. The number of aromatic nitrogens is 1. The summed E-state index contributed by atoms with van der Waals surface area (Å²) in [5, 5.41) is 11.6. The quantitative estimate of drug-likeness (QED) is 0.710. The number of carboxylic acids is 1. The van der Waals surface area contributed by atoms with Crippen LogP contribution in [0.1, 0.15) is 28.8 Å². The number of pyridine rings is 1. The smallest absolute Gasteiger partial charge is 0.337 e. The van der Waals surface area contributed by atoms with E-state index in [2.05, 4.69) is 10.3 Å². The summed E-state index contributed by atoms with van der Waals surface area (Å²) >= 11 is 0. The average molecular weight is 299 g/mol. The molecule has 0 spiro atoms. The molecule has 0 aliphatic rings. The van der Waals surface area contributed by atoms with Crippen LogP contribution in [0.2, 0.25) is 0 Å². The molecule has 0 aliphatic carbocycles. The van der Waals surface area contributed by atoms with Gasteiger partial charge in [0.15, 0.2) is 0 Å². The van der Waals surface area contributed by atoms with Gasteiger partial charge in [-0.15, -0.1) is 0 Å². The lowest BCUT2D eigenvalue weighted by atomic mass is 10.1. The number of anilines is 2. The Morgan fingerprint density at radius 3 is 2.82 bits per heavy atom. The van der Waals surface area contributed by atoms with Gasteiger partial charge in [-0.25, -0.2) is 4.79 Å². The van der Waals surface area contributed by atoms with Gasteiger partial charge in [0, 0.05) is 18.3 Å². The molecule has 0 aliphatic heterocycles. The van der Waals surface area contributed by atoms with Crippen molar-refractivity contribution in [3.05, 3.63) is 53.9 Å². The van der Waals surface area contributed by atoms with Crippen LogP contribution in [-0.4, -0.2) is 22.0 Å². The Morgan fingerprint density at radius 2 is 2.09 bits per heavy atom. The normalized spacial score (nSPS) is 10.2. The summed E-state index contributed by atoms with van der Waals surface area (Å²) < 4.78 is 0. The highest BCUT2D eigenvalue weighted by atomic mass is 16.4. The van der Waals surface area contributed by atoms with E-state index in [1.807, 2.05) is 24.3 Å². The molecule has 2 rings (SSSR count). The van der Waals surface area contributed by atoms with Gasteiger partial charge in [-0.05, 0) is 36.6 Å². The van der Waals surface area contributed by atoms with Crippen LogP contribution in [0.5, 0.6) is 0 Å². The minimum atomic E-state index is -1.10. The number of hydrogen-bond donors (Lipinski definition) is 3. The lowest BCUT2D eigenvalue weighted by molar-refractivity contribution is -0.116. The summed E-state index contributed by atoms with van der Waals surface area (Å²) in [4.78, 5) is 26.8. The van der Waals surface area contributed by atoms with Crippen LogP contribution in [0.3, 0.4) is 0 Å². The van der Waals surface area contributed by atoms with Gasteiger partial charge < -0.3 is 16.2 Å². The Morgan fingerprint density at radius 1 is 1.27 bits per heavy atom. The molecule has 22 heavy (non-hydrogen) atoms. The predicted octanol–water partition coefficient (Wildman–Crippen LogP) is 2.32. The third-order valence-corrected chi connectivity index (χ3v) is 3.15. The summed E-state index contributed by atoms with van der Waals surface area (Å²) in [6.07, 6.45) is 4.39. The largest absolute Gasteiger partial charge is 0.478 e. The zero-order chi connectivity index (χ0) is 15.9. The Kier molecular flexibility index (Phi) is 5.08. The van der Waals surface area contributed by atoms with Crippen molar-refractivity contribution in [3.63, 3.8) is 0 Å². The number of benzene rings is 1. The fourth-order valence-electron chi connectivity index (χ4n) is 2.09. The number of aromatic carboxylic acids is 1. The second kappa shape index (κ2) is 7.21. The number of nitrogens with one attached hydrogen (secondary N) is 1. The number of carbonyl (C=O) groups excluding carboxylic acids is 1.